The largest absolute Gasteiger partial charge is 0.388 e. The van der Waals surface area contributed by atoms with Gasteiger partial charge in [-0.25, -0.2) is 0 Å². The van der Waals surface area contributed by atoms with Crippen molar-refractivity contribution < 1.29 is 9.63 Å². The quantitative estimate of drug-likeness (QED) is 0.822. The highest BCUT2D eigenvalue weighted by Crippen LogP contribution is 2.09. The van der Waals surface area contributed by atoms with E-state index in [0.717, 1.165) is 5.56 Å². The van der Waals surface area contributed by atoms with Crippen LogP contribution in [0.4, 0.5) is 0 Å². The lowest BCUT2D eigenvalue weighted by molar-refractivity contribution is 0.263. The van der Waals surface area contributed by atoms with Gasteiger partial charge in [0.05, 0.1) is 6.42 Å². The van der Waals surface area contributed by atoms with Crippen LogP contribution in [0, 0.1) is 6.92 Å². The monoisotopic (exact) mass is 204 g/mol. The van der Waals surface area contributed by atoms with E-state index < -0.39 is 0 Å². The molecular weight excluding hydrogens is 192 g/mol. The standard InChI is InChI=1S/C11H12N2O2/c1-8-2-4-9(5-3-8)6-11-12-10(7-14)13-15-11/h2-5,14H,6-7H2,1H3. The molecule has 0 atom stereocenters. The SMILES string of the molecule is Cc1ccc(Cc2nc(CO)no2)cc1. The predicted molar refractivity (Wildman–Crippen MR) is 54.2 cm³/mol. The Bertz CT molecular complexity index is 434. The van der Waals surface area contributed by atoms with Gasteiger partial charge in [-0.2, -0.15) is 4.98 Å². The summed E-state index contributed by atoms with van der Waals surface area (Å²) in [6, 6.07) is 8.13. The van der Waals surface area contributed by atoms with Crippen molar-refractivity contribution in [2.24, 2.45) is 0 Å². The summed E-state index contributed by atoms with van der Waals surface area (Å²) in [5.74, 6) is 0.861. The number of aliphatic hydroxyl groups excluding tert-OH is 1. The maximum atomic E-state index is 8.77. The van der Waals surface area contributed by atoms with Gasteiger partial charge >= 0.3 is 0 Å². The maximum Gasteiger partial charge on any atom is 0.231 e. The van der Waals surface area contributed by atoms with E-state index in [1.54, 1.807) is 0 Å². The van der Waals surface area contributed by atoms with Gasteiger partial charge < -0.3 is 9.63 Å². The molecule has 0 aliphatic carbocycles. The number of hydrogen-bond acceptors (Lipinski definition) is 4. The number of aryl methyl sites for hydroxylation is 1. The molecule has 1 heterocycles. The predicted octanol–water partition coefficient (Wildman–Crippen LogP) is 1.46. The lowest BCUT2D eigenvalue weighted by Crippen LogP contribution is -1.90. The number of rotatable bonds is 3. The number of benzene rings is 1. The highest BCUT2D eigenvalue weighted by Gasteiger charge is 2.05. The smallest absolute Gasteiger partial charge is 0.231 e. The summed E-state index contributed by atoms with van der Waals surface area (Å²) in [4.78, 5) is 4.02. The highest BCUT2D eigenvalue weighted by molar-refractivity contribution is 5.23. The third kappa shape index (κ3) is 2.41. The fourth-order valence-electron chi connectivity index (χ4n) is 1.31. The Hall–Kier alpha value is -1.68. The summed E-state index contributed by atoms with van der Waals surface area (Å²) in [6.07, 6.45) is 0.604. The molecule has 0 bridgehead atoms. The summed E-state index contributed by atoms with van der Waals surface area (Å²) in [5, 5.41) is 12.4. The average molecular weight is 204 g/mol. The third-order valence-corrected chi connectivity index (χ3v) is 2.13. The van der Waals surface area contributed by atoms with Gasteiger partial charge in [0.2, 0.25) is 5.89 Å². The molecule has 0 aliphatic rings. The van der Waals surface area contributed by atoms with Crippen LogP contribution in [0.2, 0.25) is 0 Å². The van der Waals surface area contributed by atoms with E-state index in [-0.39, 0.29) is 6.61 Å². The molecule has 4 nitrogen and oxygen atoms in total. The zero-order chi connectivity index (χ0) is 10.7. The van der Waals surface area contributed by atoms with Crippen molar-refractivity contribution in [3.63, 3.8) is 0 Å². The van der Waals surface area contributed by atoms with Crippen LogP contribution in [-0.2, 0) is 13.0 Å². The average Bonchev–Trinajstić information content (AvgIpc) is 2.69. The first kappa shape index (κ1) is 9.86. The zero-order valence-electron chi connectivity index (χ0n) is 8.47. The Balaban J connectivity index is 2.11. The van der Waals surface area contributed by atoms with Crippen LogP contribution in [0.5, 0.6) is 0 Å². The fraction of sp³-hybridized carbons (Fsp3) is 0.273. The van der Waals surface area contributed by atoms with Crippen molar-refractivity contribution in [1.82, 2.24) is 10.1 Å². The Labute approximate surface area is 87.6 Å². The van der Waals surface area contributed by atoms with Crippen molar-refractivity contribution >= 4 is 0 Å². The second-order valence-corrected chi connectivity index (χ2v) is 3.42. The topological polar surface area (TPSA) is 59.2 Å². The van der Waals surface area contributed by atoms with E-state index in [9.17, 15) is 0 Å². The van der Waals surface area contributed by atoms with Gasteiger partial charge in [0.1, 0.15) is 6.61 Å². The normalized spacial score (nSPS) is 10.5. The van der Waals surface area contributed by atoms with Crippen molar-refractivity contribution in [2.45, 2.75) is 20.0 Å². The number of aliphatic hydroxyl groups is 1. The lowest BCUT2D eigenvalue weighted by Gasteiger charge is -1.96. The Kier molecular flexibility index (Phi) is 2.78. The van der Waals surface area contributed by atoms with E-state index in [1.165, 1.54) is 5.56 Å². The molecule has 0 radical (unpaired) electrons. The number of aromatic nitrogens is 2. The van der Waals surface area contributed by atoms with Crippen LogP contribution in [-0.4, -0.2) is 15.2 Å². The van der Waals surface area contributed by atoms with Crippen molar-refractivity contribution in [3.05, 3.63) is 47.1 Å². The number of nitrogens with zero attached hydrogens (tertiary/aromatic N) is 2. The minimum Gasteiger partial charge on any atom is -0.388 e. The molecule has 0 saturated heterocycles. The molecular formula is C11H12N2O2. The van der Waals surface area contributed by atoms with Gasteiger partial charge in [-0.05, 0) is 12.5 Å². The van der Waals surface area contributed by atoms with Crippen molar-refractivity contribution in [2.75, 3.05) is 0 Å². The highest BCUT2D eigenvalue weighted by atomic mass is 16.5. The van der Waals surface area contributed by atoms with Crippen molar-refractivity contribution in [3.8, 4) is 0 Å². The molecule has 1 aromatic carbocycles. The minimum atomic E-state index is -0.183. The summed E-state index contributed by atoms with van der Waals surface area (Å²) in [5.41, 5.74) is 2.34. The molecule has 2 rings (SSSR count). The van der Waals surface area contributed by atoms with Gasteiger partial charge in [-0.3, -0.25) is 0 Å². The molecule has 4 heteroatoms. The fourth-order valence-corrected chi connectivity index (χ4v) is 1.31. The van der Waals surface area contributed by atoms with E-state index in [2.05, 4.69) is 10.1 Å². The van der Waals surface area contributed by atoms with E-state index in [1.807, 2.05) is 31.2 Å². The molecule has 0 amide bonds. The molecule has 0 fully saturated rings. The molecule has 0 unspecified atom stereocenters. The van der Waals surface area contributed by atoms with Gasteiger partial charge in [-0.1, -0.05) is 35.0 Å². The molecule has 1 aromatic heterocycles. The molecule has 78 valence electrons. The number of hydrogen-bond donors (Lipinski definition) is 1. The Morgan fingerprint density at radius 2 is 2.00 bits per heavy atom. The Morgan fingerprint density at radius 1 is 1.27 bits per heavy atom. The van der Waals surface area contributed by atoms with E-state index in [4.69, 9.17) is 9.63 Å². The van der Waals surface area contributed by atoms with Gasteiger partial charge in [-0.15, -0.1) is 0 Å². The van der Waals surface area contributed by atoms with Gasteiger partial charge in [0, 0.05) is 0 Å². The van der Waals surface area contributed by atoms with Gasteiger partial charge in [0.25, 0.3) is 0 Å². The second-order valence-electron chi connectivity index (χ2n) is 3.42. The first-order valence-corrected chi connectivity index (χ1v) is 4.76. The maximum absolute atomic E-state index is 8.77. The van der Waals surface area contributed by atoms with Crippen LogP contribution >= 0.6 is 0 Å². The van der Waals surface area contributed by atoms with Gasteiger partial charge in [0.15, 0.2) is 5.82 Å². The molecule has 0 aliphatic heterocycles. The van der Waals surface area contributed by atoms with Crippen LogP contribution in [0.25, 0.3) is 0 Å². The summed E-state index contributed by atoms with van der Waals surface area (Å²) in [6.45, 7) is 1.86. The summed E-state index contributed by atoms with van der Waals surface area (Å²) < 4.78 is 4.97. The van der Waals surface area contributed by atoms with Crippen molar-refractivity contribution in [1.29, 1.82) is 0 Å². The molecule has 0 saturated carbocycles. The minimum absolute atomic E-state index is 0.183. The Morgan fingerprint density at radius 3 is 2.60 bits per heavy atom. The molecule has 0 spiro atoms. The van der Waals surface area contributed by atoms with E-state index in [0.29, 0.717) is 18.1 Å². The van der Waals surface area contributed by atoms with Crippen LogP contribution < -0.4 is 0 Å². The van der Waals surface area contributed by atoms with Crippen LogP contribution in [0.1, 0.15) is 22.8 Å². The summed E-state index contributed by atoms with van der Waals surface area (Å²) in [7, 11) is 0. The lowest BCUT2D eigenvalue weighted by atomic mass is 10.1. The first-order chi connectivity index (χ1) is 7.28. The van der Waals surface area contributed by atoms with E-state index >= 15 is 0 Å². The molecule has 2 aromatic rings. The first-order valence-electron chi connectivity index (χ1n) is 4.76. The third-order valence-electron chi connectivity index (χ3n) is 2.13. The van der Waals surface area contributed by atoms with Crippen LogP contribution in [0.3, 0.4) is 0 Å². The molecule has 15 heavy (non-hydrogen) atoms. The zero-order valence-corrected chi connectivity index (χ0v) is 8.47. The molecule has 1 N–H and O–H groups in total. The summed E-state index contributed by atoms with van der Waals surface area (Å²) >= 11 is 0. The van der Waals surface area contributed by atoms with Crippen LogP contribution in [0.15, 0.2) is 28.8 Å². The second kappa shape index (κ2) is 4.23.